The molecule has 3 heteroatoms. The lowest BCUT2D eigenvalue weighted by atomic mass is 10.1. The third-order valence-electron chi connectivity index (χ3n) is 1.88. The highest BCUT2D eigenvalue weighted by molar-refractivity contribution is 9.13. The maximum Gasteiger partial charge on any atom is 0.155 e. The van der Waals surface area contributed by atoms with E-state index in [1.165, 1.54) is 0 Å². The second kappa shape index (κ2) is 4.89. The summed E-state index contributed by atoms with van der Waals surface area (Å²) in [7, 11) is 0. The smallest absolute Gasteiger partial charge is 0.155 e. The van der Waals surface area contributed by atoms with Crippen molar-refractivity contribution in [3.8, 4) is 0 Å². The SMILES string of the molecule is CC(=O)/C(C)=C/c1ccc(Br)c(Br)c1. The molecule has 0 radical (unpaired) electrons. The van der Waals surface area contributed by atoms with Gasteiger partial charge in [0.05, 0.1) is 0 Å². The van der Waals surface area contributed by atoms with E-state index in [0.29, 0.717) is 0 Å². The molecule has 1 aromatic carbocycles. The number of hydrogen-bond donors (Lipinski definition) is 0. The summed E-state index contributed by atoms with van der Waals surface area (Å²) >= 11 is 6.80. The standard InChI is InChI=1S/C11H10Br2O/c1-7(8(2)14)5-9-3-4-10(12)11(13)6-9/h3-6H,1-2H3/b7-5+. The molecule has 0 saturated heterocycles. The van der Waals surface area contributed by atoms with Gasteiger partial charge in [0.25, 0.3) is 0 Å². The first-order valence-corrected chi connectivity index (χ1v) is 5.73. The summed E-state index contributed by atoms with van der Waals surface area (Å²) in [5.74, 6) is 0.101. The molecule has 0 aliphatic carbocycles. The summed E-state index contributed by atoms with van der Waals surface area (Å²) in [4.78, 5) is 11.0. The maximum absolute atomic E-state index is 11.0. The molecule has 0 saturated carbocycles. The molecule has 0 bridgehead atoms. The molecule has 0 aliphatic heterocycles. The first-order valence-electron chi connectivity index (χ1n) is 4.15. The number of ketones is 1. The van der Waals surface area contributed by atoms with Crippen LogP contribution in [0.15, 0.2) is 32.7 Å². The second-order valence-corrected chi connectivity index (χ2v) is 4.77. The highest BCUT2D eigenvalue weighted by Crippen LogP contribution is 2.24. The van der Waals surface area contributed by atoms with Crippen LogP contribution in [0.5, 0.6) is 0 Å². The Morgan fingerprint density at radius 1 is 1.21 bits per heavy atom. The predicted molar refractivity (Wildman–Crippen MR) is 66.2 cm³/mol. The number of benzene rings is 1. The fourth-order valence-electron chi connectivity index (χ4n) is 0.954. The predicted octanol–water partition coefficient (Wildman–Crippen LogP) is 4.20. The van der Waals surface area contributed by atoms with E-state index in [9.17, 15) is 4.79 Å². The van der Waals surface area contributed by atoms with Gasteiger partial charge in [-0.25, -0.2) is 0 Å². The van der Waals surface area contributed by atoms with E-state index in [1.807, 2.05) is 31.2 Å². The number of allylic oxidation sites excluding steroid dienone is 1. The van der Waals surface area contributed by atoms with Crippen LogP contribution in [-0.4, -0.2) is 5.78 Å². The molecule has 0 aromatic heterocycles. The minimum atomic E-state index is 0.101. The van der Waals surface area contributed by atoms with Gasteiger partial charge in [-0.3, -0.25) is 4.79 Å². The van der Waals surface area contributed by atoms with Crippen LogP contribution in [0.1, 0.15) is 19.4 Å². The van der Waals surface area contributed by atoms with Crippen molar-refractivity contribution in [1.29, 1.82) is 0 Å². The number of hydrogen-bond acceptors (Lipinski definition) is 1. The Morgan fingerprint density at radius 3 is 2.36 bits per heavy atom. The van der Waals surface area contributed by atoms with Gasteiger partial charge in [-0.1, -0.05) is 6.07 Å². The number of rotatable bonds is 2. The fourth-order valence-corrected chi connectivity index (χ4v) is 1.60. The van der Waals surface area contributed by atoms with Gasteiger partial charge in [-0.2, -0.15) is 0 Å². The van der Waals surface area contributed by atoms with Crippen molar-refractivity contribution in [3.63, 3.8) is 0 Å². The quantitative estimate of drug-likeness (QED) is 0.747. The van der Waals surface area contributed by atoms with Gasteiger partial charge in [0.2, 0.25) is 0 Å². The molecule has 0 unspecified atom stereocenters. The maximum atomic E-state index is 11.0. The van der Waals surface area contributed by atoms with Gasteiger partial charge in [0.15, 0.2) is 5.78 Å². The van der Waals surface area contributed by atoms with Crippen LogP contribution in [0.2, 0.25) is 0 Å². The lowest BCUT2D eigenvalue weighted by Crippen LogP contribution is -1.90. The summed E-state index contributed by atoms with van der Waals surface area (Å²) < 4.78 is 2.00. The Kier molecular flexibility index (Phi) is 4.08. The molecule has 0 aliphatic rings. The van der Waals surface area contributed by atoms with Crippen molar-refractivity contribution < 1.29 is 4.79 Å². The molecule has 0 atom stereocenters. The number of Topliss-reactive ketones (excluding diaryl/α,β-unsaturated/α-hetero) is 1. The third-order valence-corrected chi connectivity index (χ3v) is 3.76. The van der Waals surface area contributed by atoms with E-state index in [-0.39, 0.29) is 5.78 Å². The molecule has 74 valence electrons. The van der Waals surface area contributed by atoms with Crippen molar-refractivity contribution in [3.05, 3.63) is 38.3 Å². The molecule has 1 aromatic rings. The molecule has 0 spiro atoms. The summed E-state index contributed by atoms with van der Waals surface area (Å²) in [5, 5.41) is 0. The average molecular weight is 318 g/mol. The van der Waals surface area contributed by atoms with Crippen LogP contribution < -0.4 is 0 Å². The van der Waals surface area contributed by atoms with Crippen molar-refractivity contribution in [2.24, 2.45) is 0 Å². The first kappa shape index (κ1) is 11.7. The molecular weight excluding hydrogens is 308 g/mol. The number of carbonyl (C=O) groups is 1. The van der Waals surface area contributed by atoms with Gasteiger partial charge in [-0.15, -0.1) is 0 Å². The van der Waals surface area contributed by atoms with E-state index in [0.717, 1.165) is 20.1 Å². The molecule has 0 heterocycles. The lowest BCUT2D eigenvalue weighted by molar-refractivity contribution is -0.113. The highest BCUT2D eigenvalue weighted by Gasteiger charge is 1.99. The monoisotopic (exact) mass is 316 g/mol. The van der Waals surface area contributed by atoms with Crippen molar-refractivity contribution in [2.45, 2.75) is 13.8 Å². The van der Waals surface area contributed by atoms with E-state index < -0.39 is 0 Å². The topological polar surface area (TPSA) is 17.1 Å². The molecule has 14 heavy (non-hydrogen) atoms. The Bertz CT molecular complexity index is 394. The van der Waals surface area contributed by atoms with E-state index in [2.05, 4.69) is 31.9 Å². The van der Waals surface area contributed by atoms with Gasteiger partial charge in [0.1, 0.15) is 0 Å². The zero-order valence-corrected chi connectivity index (χ0v) is 11.1. The van der Waals surface area contributed by atoms with E-state index in [1.54, 1.807) is 6.92 Å². The molecular formula is C11H10Br2O. The van der Waals surface area contributed by atoms with Crippen molar-refractivity contribution >= 4 is 43.7 Å². The van der Waals surface area contributed by atoms with Gasteiger partial charge in [0, 0.05) is 8.95 Å². The zero-order chi connectivity index (χ0) is 10.7. The summed E-state index contributed by atoms with van der Waals surface area (Å²) in [6, 6.07) is 5.88. The number of carbonyl (C=O) groups excluding carboxylic acids is 1. The molecule has 1 rings (SSSR count). The largest absolute Gasteiger partial charge is 0.295 e. The minimum absolute atomic E-state index is 0.101. The Morgan fingerprint density at radius 2 is 1.86 bits per heavy atom. The summed E-state index contributed by atoms with van der Waals surface area (Å²) in [6.07, 6.45) is 1.87. The van der Waals surface area contributed by atoms with Gasteiger partial charge in [-0.05, 0) is 75.1 Å². The average Bonchev–Trinajstić information content (AvgIpc) is 2.11. The Balaban J connectivity index is 3.04. The first-order chi connectivity index (χ1) is 6.50. The molecule has 0 N–H and O–H groups in total. The minimum Gasteiger partial charge on any atom is -0.295 e. The zero-order valence-electron chi connectivity index (χ0n) is 7.97. The Labute approximate surface area is 100 Å². The van der Waals surface area contributed by atoms with Gasteiger partial charge < -0.3 is 0 Å². The van der Waals surface area contributed by atoms with Crippen LogP contribution in [-0.2, 0) is 4.79 Å². The molecule has 0 amide bonds. The van der Waals surface area contributed by atoms with Crippen molar-refractivity contribution in [1.82, 2.24) is 0 Å². The van der Waals surface area contributed by atoms with Crippen LogP contribution >= 0.6 is 31.9 Å². The summed E-state index contributed by atoms with van der Waals surface area (Å²) in [6.45, 7) is 3.39. The lowest BCUT2D eigenvalue weighted by Gasteiger charge is -1.99. The van der Waals surface area contributed by atoms with Crippen molar-refractivity contribution in [2.75, 3.05) is 0 Å². The van der Waals surface area contributed by atoms with Crippen LogP contribution in [0, 0.1) is 0 Å². The second-order valence-electron chi connectivity index (χ2n) is 3.06. The third kappa shape index (κ3) is 3.07. The van der Waals surface area contributed by atoms with Crippen LogP contribution in [0.4, 0.5) is 0 Å². The number of halogens is 2. The Hall–Kier alpha value is -0.410. The molecule has 0 fully saturated rings. The normalized spacial score (nSPS) is 11.6. The fraction of sp³-hybridized carbons (Fsp3) is 0.182. The van der Waals surface area contributed by atoms with Gasteiger partial charge >= 0.3 is 0 Å². The summed E-state index contributed by atoms with van der Waals surface area (Å²) in [5.41, 5.74) is 1.78. The van der Waals surface area contributed by atoms with Crippen LogP contribution in [0.25, 0.3) is 6.08 Å². The van der Waals surface area contributed by atoms with E-state index >= 15 is 0 Å². The highest BCUT2D eigenvalue weighted by atomic mass is 79.9. The van der Waals surface area contributed by atoms with E-state index in [4.69, 9.17) is 0 Å². The molecule has 1 nitrogen and oxygen atoms in total. The van der Waals surface area contributed by atoms with Crippen LogP contribution in [0.3, 0.4) is 0 Å².